The molecule has 2 bridgehead atoms. The topological polar surface area (TPSA) is 41.1 Å². The van der Waals surface area contributed by atoms with Crippen LogP contribution < -0.4 is 10.6 Å². The average Bonchev–Trinajstić information content (AvgIpc) is 2.87. The van der Waals surface area contributed by atoms with E-state index < -0.39 is 0 Å². The van der Waals surface area contributed by atoms with Gasteiger partial charge in [0.2, 0.25) is 5.91 Å². The fourth-order valence-electron chi connectivity index (χ4n) is 4.25. The van der Waals surface area contributed by atoms with Crippen LogP contribution >= 0.6 is 0 Å². The molecule has 0 aromatic heterocycles. The SMILES string of the molecule is CC(NC(=O)C(C)C1CNC1)C1CC2CCC1C2. The maximum absolute atomic E-state index is 12.2. The Hall–Kier alpha value is -0.570. The van der Waals surface area contributed by atoms with Crippen molar-refractivity contribution in [2.75, 3.05) is 13.1 Å². The average molecular weight is 250 g/mol. The van der Waals surface area contributed by atoms with E-state index in [1.54, 1.807) is 0 Å². The van der Waals surface area contributed by atoms with Crippen molar-refractivity contribution in [1.82, 2.24) is 10.6 Å². The number of amides is 1. The summed E-state index contributed by atoms with van der Waals surface area (Å²) in [6.45, 7) is 6.32. The predicted molar refractivity (Wildman–Crippen MR) is 72.1 cm³/mol. The lowest BCUT2D eigenvalue weighted by atomic mass is 9.83. The van der Waals surface area contributed by atoms with E-state index in [2.05, 4.69) is 24.5 Å². The smallest absolute Gasteiger partial charge is 0.223 e. The number of nitrogens with one attached hydrogen (secondary N) is 2. The molecule has 3 heteroatoms. The largest absolute Gasteiger partial charge is 0.353 e. The molecule has 1 aliphatic heterocycles. The molecule has 2 N–H and O–H groups in total. The second-order valence-electron chi connectivity index (χ2n) is 6.84. The molecule has 102 valence electrons. The van der Waals surface area contributed by atoms with Gasteiger partial charge in [-0.1, -0.05) is 13.3 Å². The van der Waals surface area contributed by atoms with Crippen LogP contribution in [0.25, 0.3) is 0 Å². The first-order valence-electron chi connectivity index (χ1n) is 7.66. The fraction of sp³-hybridized carbons (Fsp3) is 0.933. The van der Waals surface area contributed by atoms with E-state index in [0.29, 0.717) is 12.0 Å². The van der Waals surface area contributed by atoms with Gasteiger partial charge in [0.1, 0.15) is 0 Å². The van der Waals surface area contributed by atoms with Crippen molar-refractivity contribution in [1.29, 1.82) is 0 Å². The van der Waals surface area contributed by atoms with Gasteiger partial charge in [0.25, 0.3) is 0 Å². The van der Waals surface area contributed by atoms with Gasteiger partial charge in [-0.25, -0.2) is 0 Å². The zero-order valence-corrected chi connectivity index (χ0v) is 11.6. The second kappa shape index (κ2) is 4.84. The lowest BCUT2D eigenvalue weighted by Gasteiger charge is -2.34. The van der Waals surface area contributed by atoms with E-state index in [-0.39, 0.29) is 11.8 Å². The van der Waals surface area contributed by atoms with E-state index in [4.69, 9.17) is 0 Å². The fourth-order valence-corrected chi connectivity index (χ4v) is 4.25. The molecule has 5 unspecified atom stereocenters. The van der Waals surface area contributed by atoms with Crippen LogP contribution in [0.15, 0.2) is 0 Å². The van der Waals surface area contributed by atoms with Crippen molar-refractivity contribution in [2.24, 2.45) is 29.6 Å². The van der Waals surface area contributed by atoms with Crippen molar-refractivity contribution in [2.45, 2.75) is 45.6 Å². The highest BCUT2D eigenvalue weighted by molar-refractivity contribution is 5.79. The number of hydrogen-bond donors (Lipinski definition) is 2. The normalized spacial score (nSPS) is 38.2. The highest BCUT2D eigenvalue weighted by atomic mass is 16.1. The second-order valence-corrected chi connectivity index (χ2v) is 6.84. The third-order valence-corrected chi connectivity index (χ3v) is 5.74. The Kier molecular flexibility index (Phi) is 3.35. The molecule has 0 spiro atoms. The Labute approximate surface area is 110 Å². The molecule has 3 fully saturated rings. The molecule has 1 heterocycles. The Morgan fingerprint density at radius 3 is 2.50 bits per heavy atom. The minimum atomic E-state index is 0.173. The summed E-state index contributed by atoms with van der Waals surface area (Å²) < 4.78 is 0. The highest BCUT2D eigenvalue weighted by Gasteiger charge is 2.42. The van der Waals surface area contributed by atoms with Gasteiger partial charge >= 0.3 is 0 Å². The van der Waals surface area contributed by atoms with Crippen LogP contribution in [0.5, 0.6) is 0 Å². The van der Waals surface area contributed by atoms with E-state index >= 15 is 0 Å². The van der Waals surface area contributed by atoms with Crippen LogP contribution in [0.4, 0.5) is 0 Å². The lowest BCUT2D eigenvalue weighted by molar-refractivity contribution is -0.127. The molecular weight excluding hydrogens is 224 g/mol. The van der Waals surface area contributed by atoms with Crippen molar-refractivity contribution in [3.8, 4) is 0 Å². The van der Waals surface area contributed by atoms with Gasteiger partial charge < -0.3 is 10.6 Å². The van der Waals surface area contributed by atoms with Crippen LogP contribution in [0.2, 0.25) is 0 Å². The summed E-state index contributed by atoms with van der Waals surface area (Å²) in [5, 5.41) is 6.54. The van der Waals surface area contributed by atoms with Crippen molar-refractivity contribution in [3.63, 3.8) is 0 Å². The van der Waals surface area contributed by atoms with Gasteiger partial charge in [0, 0.05) is 12.0 Å². The van der Waals surface area contributed by atoms with E-state index in [1.807, 2.05) is 0 Å². The zero-order valence-electron chi connectivity index (χ0n) is 11.6. The van der Waals surface area contributed by atoms with E-state index in [0.717, 1.165) is 30.8 Å². The summed E-state index contributed by atoms with van der Waals surface area (Å²) in [6.07, 6.45) is 5.61. The Morgan fingerprint density at radius 1 is 1.22 bits per heavy atom. The minimum Gasteiger partial charge on any atom is -0.353 e. The van der Waals surface area contributed by atoms with Gasteiger partial charge in [-0.15, -0.1) is 0 Å². The van der Waals surface area contributed by atoms with Gasteiger partial charge in [-0.3, -0.25) is 4.79 Å². The molecule has 2 saturated carbocycles. The van der Waals surface area contributed by atoms with Crippen LogP contribution in [-0.2, 0) is 4.79 Å². The first-order chi connectivity index (χ1) is 8.65. The zero-order chi connectivity index (χ0) is 12.7. The van der Waals surface area contributed by atoms with Crippen LogP contribution in [0.1, 0.15) is 39.5 Å². The molecule has 5 atom stereocenters. The minimum absolute atomic E-state index is 0.173. The van der Waals surface area contributed by atoms with Crippen molar-refractivity contribution in [3.05, 3.63) is 0 Å². The first-order valence-corrected chi connectivity index (χ1v) is 7.66. The molecule has 3 rings (SSSR count). The van der Waals surface area contributed by atoms with Crippen molar-refractivity contribution >= 4 is 5.91 Å². The maximum atomic E-state index is 12.2. The molecule has 2 aliphatic carbocycles. The highest BCUT2D eigenvalue weighted by Crippen LogP contribution is 2.49. The molecule has 0 radical (unpaired) electrons. The summed E-state index contributed by atoms with van der Waals surface area (Å²) in [6, 6.07) is 0.378. The quantitative estimate of drug-likeness (QED) is 0.798. The number of carbonyl (C=O) groups is 1. The lowest BCUT2D eigenvalue weighted by Crippen LogP contribution is -2.51. The Bertz CT molecular complexity index is 326. The number of fused-ring (bicyclic) bond motifs is 2. The maximum Gasteiger partial charge on any atom is 0.223 e. The van der Waals surface area contributed by atoms with Crippen LogP contribution in [-0.4, -0.2) is 25.0 Å². The molecule has 18 heavy (non-hydrogen) atoms. The summed E-state index contributed by atoms with van der Waals surface area (Å²) in [7, 11) is 0. The summed E-state index contributed by atoms with van der Waals surface area (Å²) in [5.74, 6) is 3.61. The van der Waals surface area contributed by atoms with Gasteiger partial charge in [0.15, 0.2) is 0 Å². The molecule has 3 aliphatic rings. The molecule has 3 nitrogen and oxygen atoms in total. The molecule has 1 saturated heterocycles. The summed E-state index contributed by atoms with van der Waals surface area (Å²) >= 11 is 0. The summed E-state index contributed by atoms with van der Waals surface area (Å²) in [5.41, 5.74) is 0. The third kappa shape index (κ3) is 2.18. The molecule has 0 aromatic rings. The third-order valence-electron chi connectivity index (χ3n) is 5.74. The Morgan fingerprint density at radius 2 is 2.00 bits per heavy atom. The number of hydrogen-bond acceptors (Lipinski definition) is 2. The Balaban J connectivity index is 1.51. The van der Waals surface area contributed by atoms with Crippen LogP contribution in [0, 0.1) is 29.6 Å². The van der Waals surface area contributed by atoms with E-state index in [9.17, 15) is 4.79 Å². The monoisotopic (exact) mass is 250 g/mol. The van der Waals surface area contributed by atoms with Gasteiger partial charge in [0.05, 0.1) is 0 Å². The van der Waals surface area contributed by atoms with Gasteiger partial charge in [-0.05, 0) is 62.9 Å². The molecular formula is C15H26N2O. The van der Waals surface area contributed by atoms with Gasteiger partial charge in [-0.2, -0.15) is 0 Å². The number of rotatable bonds is 4. The van der Waals surface area contributed by atoms with Crippen LogP contribution in [0.3, 0.4) is 0 Å². The van der Waals surface area contributed by atoms with Crippen molar-refractivity contribution < 1.29 is 4.79 Å². The first kappa shape index (κ1) is 12.5. The molecule has 0 aromatic carbocycles. The number of carbonyl (C=O) groups excluding carboxylic acids is 1. The predicted octanol–water partition coefficient (Wildman–Crippen LogP) is 1.78. The summed E-state index contributed by atoms with van der Waals surface area (Å²) in [4.78, 5) is 12.2. The molecule has 1 amide bonds. The van der Waals surface area contributed by atoms with E-state index in [1.165, 1.54) is 25.7 Å². The standard InChI is InChI=1S/C15H26N2O/c1-9(13-7-16-8-13)15(18)17-10(2)14-6-11-3-4-12(14)5-11/h9-14,16H,3-8H2,1-2H3,(H,17,18).